The molecule has 0 aromatic heterocycles. The molecular formula is C13H20N2O2S2. The quantitative estimate of drug-likeness (QED) is 0.857. The Hall–Kier alpha value is -0.720. The van der Waals surface area contributed by atoms with Crippen LogP contribution >= 0.6 is 11.8 Å². The van der Waals surface area contributed by atoms with Crippen molar-refractivity contribution in [2.75, 3.05) is 35.8 Å². The lowest BCUT2D eigenvalue weighted by atomic mass is 10.1. The van der Waals surface area contributed by atoms with E-state index in [0.29, 0.717) is 25.3 Å². The van der Waals surface area contributed by atoms with Crippen molar-refractivity contribution in [2.45, 2.75) is 17.9 Å². The molecule has 0 saturated carbocycles. The van der Waals surface area contributed by atoms with Crippen molar-refractivity contribution in [3.63, 3.8) is 0 Å². The molecule has 1 saturated heterocycles. The first-order valence-corrected chi connectivity index (χ1v) is 9.43. The van der Waals surface area contributed by atoms with E-state index in [2.05, 4.69) is 11.0 Å². The van der Waals surface area contributed by atoms with E-state index in [9.17, 15) is 8.42 Å². The summed E-state index contributed by atoms with van der Waals surface area (Å²) in [6, 6.07) is 6.12. The Kier molecular flexibility index (Phi) is 4.76. The van der Waals surface area contributed by atoms with Crippen LogP contribution in [0.4, 0.5) is 5.69 Å². The van der Waals surface area contributed by atoms with E-state index < -0.39 is 9.84 Å². The highest BCUT2D eigenvalue weighted by atomic mass is 32.2. The maximum Gasteiger partial charge on any atom is 0.152 e. The maximum absolute atomic E-state index is 11.7. The summed E-state index contributed by atoms with van der Waals surface area (Å²) in [6.45, 7) is 1.83. The molecule has 0 aliphatic carbocycles. The Morgan fingerprint density at radius 2 is 2.11 bits per heavy atom. The molecule has 0 unspecified atom stereocenters. The van der Waals surface area contributed by atoms with Crippen molar-refractivity contribution >= 4 is 27.3 Å². The second kappa shape index (κ2) is 6.15. The molecule has 0 radical (unpaired) electrons. The van der Waals surface area contributed by atoms with Crippen molar-refractivity contribution < 1.29 is 8.42 Å². The Morgan fingerprint density at radius 3 is 2.79 bits per heavy atom. The van der Waals surface area contributed by atoms with Crippen LogP contribution in [0.1, 0.15) is 12.0 Å². The average molecular weight is 300 g/mol. The fraction of sp³-hybridized carbons (Fsp3) is 0.538. The van der Waals surface area contributed by atoms with E-state index in [4.69, 9.17) is 5.73 Å². The number of benzene rings is 1. The zero-order chi connectivity index (χ0) is 13.9. The van der Waals surface area contributed by atoms with Gasteiger partial charge in [0.25, 0.3) is 0 Å². The number of hydrogen-bond acceptors (Lipinski definition) is 5. The molecule has 2 rings (SSSR count). The number of sulfone groups is 1. The smallest absolute Gasteiger partial charge is 0.152 e. The van der Waals surface area contributed by atoms with Crippen molar-refractivity contribution in [1.29, 1.82) is 0 Å². The summed E-state index contributed by atoms with van der Waals surface area (Å²) in [7, 11) is -2.87. The highest BCUT2D eigenvalue weighted by Gasteiger charge is 2.21. The number of thioether (sulfide) groups is 1. The van der Waals surface area contributed by atoms with Gasteiger partial charge in [0.15, 0.2) is 9.84 Å². The van der Waals surface area contributed by atoms with Crippen LogP contribution in [-0.2, 0) is 16.4 Å². The number of hydrogen-bond donors (Lipinski definition) is 1. The summed E-state index contributed by atoms with van der Waals surface area (Å²) in [6.07, 6.45) is 2.72. The lowest BCUT2D eigenvalue weighted by Crippen LogP contribution is -2.28. The van der Waals surface area contributed by atoms with Crippen LogP contribution in [0, 0.1) is 0 Å². The third-order valence-corrected chi connectivity index (χ3v) is 5.97. The second-order valence-electron chi connectivity index (χ2n) is 4.65. The van der Waals surface area contributed by atoms with E-state index in [1.54, 1.807) is 11.8 Å². The number of nitrogens with zero attached hydrogens (tertiary/aromatic N) is 1. The van der Waals surface area contributed by atoms with Gasteiger partial charge < -0.3 is 10.6 Å². The normalized spacial score (nSPS) is 19.2. The molecule has 4 nitrogen and oxygen atoms in total. The van der Waals surface area contributed by atoms with Gasteiger partial charge in [-0.25, -0.2) is 8.42 Å². The van der Waals surface area contributed by atoms with Gasteiger partial charge in [-0.15, -0.1) is 11.8 Å². The Morgan fingerprint density at radius 1 is 1.32 bits per heavy atom. The van der Waals surface area contributed by atoms with E-state index in [1.807, 2.05) is 18.4 Å². The first kappa shape index (κ1) is 14.7. The molecule has 6 heteroatoms. The van der Waals surface area contributed by atoms with Gasteiger partial charge in [-0.3, -0.25) is 0 Å². The zero-order valence-corrected chi connectivity index (χ0v) is 12.8. The monoisotopic (exact) mass is 300 g/mol. The minimum atomic E-state index is -2.87. The lowest BCUT2D eigenvalue weighted by molar-refractivity contribution is 0.597. The molecule has 1 aromatic carbocycles. The predicted molar refractivity (Wildman–Crippen MR) is 81.6 cm³/mol. The number of nitrogens with two attached hydrogens (primary N) is 1. The van der Waals surface area contributed by atoms with E-state index >= 15 is 0 Å². The molecule has 1 aromatic rings. The predicted octanol–water partition coefficient (Wildman–Crippen LogP) is 1.49. The minimum Gasteiger partial charge on any atom is -0.370 e. The SMILES string of the molecule is CSc1cccc(N2CCCS(=O)(=O)CC2)c1CN. The minimum absolute atomic E-state index is 0.237. The first-order valence-electron chi connectivity index (χ1n) is 6.38. The van der Waals surface area contributed by atoms with Gasteiger partial charge in [0.05, 0.1) is 11.5 Å². The summed E-state index contributed by atoms with van der Waals surface area (Å²) >= 11 is 1.68. The van der Waals surface area contributed by atoms with Crippen LogP contribution in [0.15, 0.2) is 23.1 Å². The average Bonchev–Trinajstić information content (AvgIpc) is 2.58. The van der Waals surface area contributed by atoms with Gasteiger partial charge in [-0.05, 0) is 24.8 Å². The standard InChI is InChI=1S/C13H20N2O2S2/c1-18-13-5-2-4-12(11(13)10-14)15-6-3-8-19(16,17)9-7-15/h2,4-5H,3,6-10,14H2,1H3. The van der Waals surface area contributed by atoms with Gasteiger partial charge in [0.1, 0.15) is 0 Å². The van der Waals surface area contributed by atoms with Gasteiger partial charge in [-0.1, -0.05) is 6.07 Å². The molecule has 1 fully saturated rings. The van der Waals surface area contributed by atoms with Crippen LogP contribution in [0.25, 0.3) is 0 Å². The third kappa shape index (κ3) is 3.43. The Labute approximate surface area is 119 Å². The molecule has 0 atom stereocenters. The van der Waals surface area contributed by atoms with E-state index in [1.165, 1.54) is 4.90 Å². The molecule has 106 valence electrons. The maximum atomic E-state index is 11.7. The topological polar surface area (TPSA) is 63.4 Å². The summed E-state index contributed by atoms with van der Waals surface area (Å²) in [4.78, 5) is 3.33. The second-order valence-corrected chi connectivity index (χ2v) is 7.81. The van der Waals surface area contributed by atoms with Crippen LogP contribution in [-0.4, -0.2) is 39.3 Å². The molecule has 0 spiro atoms. The van der Waals surface area contributed by atoms with Crippen LogP contribution in [0.3, 0.4) is 0 Å². The molecule has 1 heterocycles. The fourth-order valence-corrected chi connectivity index (χ4v) is 4.35. The molecule has 1 aliphatic heterocycles. The Balaban J connectivity index is 2.31. The fourth-order valence-electron chi connectivity index (χ4n) is 2.43. The zero-order valence-electron chi connectivity index (χ0n) is 11.1. The molecule has 0 bridgehead atoms. The highest BCUT2D eigenvalue weighted by Crippen LogP contribution is 2.30. The lowest BCUT2D eigenvalue weighted by Gasteiger charge is -2.25. The van der Waals surface area contributed by atoms with Crippen molar-refractivity contribution in [2.24, 2.45) is 5.73 Å². The van der Waals surface area contributed by atoms with Crippen LogP contribution in [0.2, 0.25) is 0 Å². The summed E-state index contributed by atoms with van der Waals surface area (Å²) < 4.78 is 23.3. The third-order valence-electron chi connectivity index (χ3n) is 3.43. The van der Waals surface area contributed by atoms with E-state index in [0.717, 1.165) is 17.8 Å². The Bertz CT molecular complexity index is 544. The van der Waals surface area contributed by atoms with Gasteiger partial charge in [-0.2, -0.15) is 0 Å². The van der Waals surface area contributed by atoms with E-state index in [-0.39, 0.29) is 5.75 Å². The van der Waals surface area contributed by atoms with Crippen LogP contribution in [0.5, 0.6) is 0 Å². The van der Waals surface area contributed by atoms with Gasteiger partial charge in [0, 0.05) is 35.8 Å². The summed E-state index contributed by atoms with van der Waals surface area (Å²) in [5.74, 6) is 0.532. The summed E-state index contributed by atoms with van der Waals surface area (Å²) in [5.41, 5.74) is 8.08. The number of anilines is 1. The van der Waals surface area contributed by atoms with Crippen molar-refractivity contribution in [3.05, 3.63) is 23.8 Å². The van der Waals surface area contributed by atoms with Gasteiger partial charge >= 0.3 is 0 Å². The molecule has 0 amide bonds. The molecule has 2 N–H and O–H groups in total. The molecular weight excluding hydrogens is 280 g/mol. The molecule has 1 aliphatic rings. The molecule has 19 heavy (non-hydrogen) atoms. The highest BCUT2D eigenvalue weighted by molar-refractivity contribution is 7.98. The van der Waals surface area contributed by atoms with Crippen molar-refractivity contribution in [1.82, 2.24) is 0 Å². The largest absolute Gasteiger partial charge is 0.370 e. The number of rotatable bonds is 3. The van der Waals surface area contributed by atoms with Crippen LogP contribution < -0.4 is 10.6 Å². The van der Waals surface area contributed by atoms with Crippen molar-refractivity contribution in [3.8, 4) is 0 Å². The summed E-state index contributed by atoms with van der Waals surface area (Å²) in [5, 5.41) is 0. The van der Waals surface area contributed by atoms with Gasteiger partial charge in [0.2, 0.25) is 0 Å². The first-order chi connectivity index (χ1) is 9.07.